The highest BCUT2D eigenvalue weighted by Gasteiger charge is 2.31. The number of aliphatic hydroxyl groups excluding tert-OH is 1. The molecule has 0 radical (unpaired) electrons. The van der Waals surface area contributed by atoms with Crippen LogP contribution in [0, 0.1) is 23.5 Å². The van der Waals surface area contributed by atoms with Gasteiger partial charge in [0.15, 0.2) is 0 Å². The number of methoxy groups -OCH3 is 1. The van der Waals surface area contributed by atoms with Crippen molar-refractivity contribution < 1.29 is 28.5 Å². The molecule has 6 nitrogen and oxygen atoms in total. The molecule has 2 heterocycles. The Morgan fingerprint density at radius 2 is 2.05 bits per heavy atom. The number of aliphatic carboxylic acids is 1. The minimum Gasteiger partial charge on any atom is -0.497 e. The highest BCUT2D eigenvalue weighted by Crippen LogP contribution is 2.35. The normalized spacial score (nSPS) is 18.9. The number of hydrogen-bond donors (Lipinski definition) is 2. The smallest absolute Gasteiger partial charge is 0.303 e. The van der Waals surface area contributed by atoms with E-state index in [1.165, 1.54) is 17.8 Å². The second-order valence-corrected chi connectivity index (χ2v) is 11.0. The van der Waals surface area contributed by atoms with Gasteiger partial charge in [-0.05, 0) is 104 Å². The van der Waals surface area contributed by atoms with Crippen LogP contribution in [0.2, 0.25) is 0 Å². The van der Waals surface area contributed by atoms with Crippen molar-refractivity contribution in [2.24, 2.45) is 11.8 Å². The van der Waals surface area contributed by atoms with Gasteiger partial charge in [0.2, 0.25) is 0 Å². The molecule has 0 bridgehead atoms. The Bertz CT molecular complexity index is 1240. The van der Waals surface area contributed by atoms with Crippen molar-refractivity contribution in [3.8, 4) is 5.75 Å². The number of piperidine rings is 1. The summed E-state index contributed by atoms with van der Waals surface area (Å²) in [6, 6.07) is 10.9. The lowest BCUT2D eigenvalue weighted by molar-refractivity contribution is -0.139. The second kappa shape index (κ2) is 13.4. The van der Waals surface area contributed by atoms with E-state index in [-0.39, 0.29) is 18.3 Å². The molecule has 0 saturated carbocycles. The molecule has 1 aliphatic heterocycles. The summed E-state index contributed by atoms with van der Waals surface area (Å²) in [5.41, 5.74) is 1.59. The lowest BCUT2D eigenvalue weighted by Gasteiger charge is -2.38. The van der Waals surface area contributed by atoms with Gasteiger partial charge in [0.25, 0.3) is 0 Å². The zero-order valence-corrected chi connectivity index (χ0v) is 22.3. The zero-order valence-electron chi connectivity index (χ0n) is 21.5. The summed E-state index contributed by atoms with van der Waals surface area (Å²) in [5.74, 6) is -0.124. The molecule has 204 valence electrons. The van der Waals surface area contributed by atoms with Crippen LogP contribution in [-0.2, 0) is 4.79 Å². The molecule has 0 unspecified atom stereocenters. The molecular formula is C29H34F2N2O4S. The van der Waals surface area contributed by atoms with Crippen molar-refractivity contribution in [1.82, 2.24) is 9.88 Å². The molecule has 0 spiro atoms. The third-order valence-corrected chi connectivity index (χ3v) is 8.45. The van der Waals surface area contributed by atoms with Gasteiger partial charge in [-0.1, -0.05) is 0 Å². The lowest BCUT2D eigenvalue weighted by atomic mass is 9.79. The predicted molar refractivity (Wildman–Crippen MR) is 144 cm³/mol. The predicted octanol–water partition coefficient (Wildman–Crippen LogP) is 5.93. The molecule has 3 aromatic rings. The quantitative estimate of drug-likeness (QED) is 0.216. The fourth-order valence-electron chi connectivity index (χ4n) is 5.34. The highest BCUT2D eigenvalue weighted by molar-refractivity contribution is 7.99. The Labute approximate surface area is 226 Å². The van der Waals surface area contributed by atoms with Crippen LogP contribution in [0.4, 0.5) is 8.78 Å². The molecule has 2 N–H and O–H groups in total. The van der Waals surface area contributed by atoms with Gasteiger partial charge in [0, 0.05) is 29.4 Å². The fraction of sp³-hybridized carbons (Fsp3) is 0.448. The number of pyridine rings is 1. The topological polar surface area (TPSA) is 82.9 Å². The van der Waals surface area contributed by atoms with Crippen LogP contribution in [-0.4, -0.2) is 58.6 Å². The van der Waals surface area contributed by atoms with Crippen LogP contribution >= 0.6 is 11.8 Å². The van der Waals surface area contributed by atoms with E-state index >= 15 is 0 Å². The average molecular weight is 545 g/mol. The molecule has 2 aromatic carbocycles. The summed E-state index contributed by atoms with van der Waals surface area (Å²) in [7, 11) is 1.60. The molecule has 1 fully saturated rings. The van der Waals surface area contributed by atoms with E-state index in [9.17, 15) is 23.8 Å². The fourth-order valence-corrected chi connectivity index (χ4v) is 6.24. The van der Waals surface area contributed by atoms with Gasteiger partial charge in [0.1, 0.15) is 17.4 Å². The molecule has 4 rings (SSSR count). The van der Waals surface area contributed by atoms with E-state index in [1.807, 2.05) is 24.3 Å². The highest BCUT2D eigenvalue weighted by atomic mass is 32.2. The molecule has 1 aromatic heterocycles. The number of hydrogen-bond acceptors (Lipinski definition) is 6. The SMILES string of the molecule is COc1ccc2nccc([C@H](O)CC[C@@H]3CCN(CCCSc4cc(F)ccc4F)C[C@@H]3CC(=O)O)c2c1. The maximum Gasteiger partial charge on any atom is 0.303 e. The summed E-state index contributed by atoms with van der Waals surface area (Å²) in [5, 5.41) is 21.4. The monoisotopic (exact) mass is 544 g/mol. The first-order valence-corrected chi connectivity index (χ1v) is 14.0. The number of halogens is 2. The Morgan fingerprint density at radius 1 is 1.21 bits per heavy atom. The van der Waals surface area contributed by atoms with Crippen molar-refractivity contribution in [2.45, 2.75) is 43.1 Å². The number of carbonyl (C=O) groups is 1. The number of aromatic nitrogens is 1. The Balaban J connectivity index is 1.31. The Hall–Kier alpha value is -2.75. The van der Waals surface area contributed by atoms with Gasteiger partial charge in [0.05, 0.1) is 18.7 Å². The number of carboxylic acids is 1. The van der Waals surface area contributed by atoms with Crippen molar-refractivity contribution in [2.75, 3.05) is 32.5 Å². The molecule has 9 heteroatoms. The number of carboxylic acid groups (broad SMARTS) is 1. The van der Waals surface area contributed by atoms with Gasteiger partial charge >= 0.3 is 5.97 Å². The number of aliphatic hydroxyl groups is 1. The van der Waals surface area contributed by atoms with E-state index in [1.54, 1.807) is 13.3 Å². The second-order valence-electron chi connectivity index (χ2n) is 9.86. The standard InChI is InChI=1S/C29H34F2N2O4S/c1-37-22-5-7-26-24(17-22)23(9-11-32-26)27(34)8-3-19-10-13-33(18-20(19)15-29(35)36)12-2-14-38-28-16-21(30)4-6-25(28)31/h4-7,9,11,16-17,19-20,27,34H,2-3,8,10,12-15,18H2,1H3,(H,35,36)/t19-,20+,27-/m1/s1. The van der Waals surface area contributed by atoms with E-state index < -0.39 is 23.7 Å². The number of ether oxygens (including phenoxy) is 1. The van der Waals surface area contributed by atoms with Gasteiger partial charge in [-0.15, -0.1) is 11.8 Å². The maximum absolute atomic E-state index is 13.8. The van der Waals surface area contributed by atoms with Crippen LogP contribution in [0.5, 0.6) is 5.75 Å². The summed E-state index contributed by atoms with van der Waals surface area (Å²) in [6.45, 7) is 2.31. The third-order valence-electron chi connectivity index (χ3n) is 7.33. The van der Waals surface area contributed by atoms with Crippen LogP contribution in [0.25, 0.3) is 10.9 Å². The van der Waals surface area contributed by atoms with E-state index in [0.29, 0.717) is 29.4 Å². The summed E-state index contributed by atoms with van der Waals surface area (Å²) < 4.78 is 32.6. The lowest BCUT2D eigenvalue weighted by Crippen LogP contribution is -2.42. The van der Waals surface area contributed by atoms with Crippen LogP contribution < -0.4 is 4.74 Å². The van der Waals surface area contributed by atoms with Gasteiger partial charge in [-0.25, -0.2) is 8.78 Å². The number of nitrogens with zero attached hydrogens (tertiary/aromatic N) is 2. The van der Waals surface area contributed by atoms with Crippen molar-refractivity contribution in [3.63, 3.8) is 0 Å². The largest absolute Gasteiger partial charge is 0.497 e. The van der Waals surface area contributed by atoms with Crippen LogP contribution in [0.15, 0.2) is 53.6 Å². The Morgan fingerprint density at radius 3 is 2.84 bits per heavy atom. The first-order valence-electron chi connectivity index (χ1n) is 13.0. The summed E-state index contributed by atoms with van der Waals surface area (Å²) in [4.78, 5) is 18.6. The summed E-state index contributed by atoms with van der Waals surface area (Å²) >= 11 is 1.30. The van der Waals surface area contributed by atoms with Crippen molar-refractivity contribution >= 4 is 28.6 Å². The number of benzene rings is 2. The minimum atomic E-state index is -0.813. The van der Waals surface area contributed by atoms with E-state index in [2.05, 4.69) is 9.88 Å². The van der Waals surface area contributed by atoms with Crippen LogP contribution in [0.3, 0.4) is 0 Å². The molecule has 0 aliphatic carbocycles. The molecule has 3 atom stereocenters. The van der Waals surface area contributed by atoms with Crippen molar-refractivity contribution in [3.05, 3.63) is 65.9 Å². The maximum atomic E-state index is 13.8. The first kappa shape index (κ1) is 28.3. The third kappa shape index (κ3) is 7.42. The average Bonchev–Trinajstić information content (AvgIpc) is 2.91. The van der Waals surface area contributed by atoms with Gasteiger partial charge in [-0.2, -0.15) is 0 Å². The minimum absolute atomic E-state index is 0.00366. The molecule has 38 heavy (non-hydrogen) atoms. The van der Waals surface area contributed by atoms with E-state index in [0.717, 1.165) is 61.0 Å². The number of thioether (sulfide) groups is 1. The van der Waals surface area contributed by atoms with Crippen LogP contribution in [0.1, 0.15) is 43.8 Å². The van der Waals surface area contributed by atoms with Gasteiger partial charge < -0.3 is 19.8 Å². The zero-order chi connectivity index (χ0) is 27.1. The molecular weight excluding hydrogens is 510 g/mol. The first-order chi connectivity index (χ1) is 18.3. The molecule has 0 amide bonds. The number of fused-ring (bicyclic) bond motifs is 1. The number of rotatable bonds is 12. The van der Waals surface area contributed by atoms with E-state index in [4.69, 9.17) is 4.74 Å². The van der Waals surface area contributed by atoms with Gasteiger partial charge in [-0.3, -0.25) is 9.78 Å². The number of likely N-dealkylation sites (tertiary alicyclic amines) is 1. The Kier molecular flexibility index (Phi) is 9.93. The van der Waals surface area contributed by atoms with Crippen molar-refractivity contribution in [1.29, 1.82) is 0 Å². The molecule has 1 saturated heterocycles. The summed E-state index contributed by atoms with van der Waals surface area (Å²) in [6.07, 6.45) is 4.03. The molecule has 1 aliphatic rings.